The number of nitrogens with one attached hydrogen (secondary N) is 2. The Morgan fingerprint density at radius 3 is 2.79 bits per heavy atom. The second-order valence-electron chi connectivity index (χ2n) is 6.14. The summed E-state index contributed by atoms with van der Waals surface area (Å²) in [6.07, 6.45) is 0. The molecule has 0 spiro atoms. The number of ether oxygens (including phenoxy) is 1. The van der Waals surface area contributed by atoms with Crippen molar-refractivity contribution in [1.29, 1.82) is 0 Å². The molecule has 0 aliphatic rings. The van der Waals surface area contributed by atoms with Gasteiger partial charge in [-0.15, -0.1) is 11.3 Å². The number of methoxy groups -OCH3 is 1. The number of aromatic nitrogens is 2. The van der Waals surface area contributed by atoms with Crippen LogP contribution in [0.1, 0.15) is 16.2 Å². The van der Waals surface area contributed by atoms with Gasteiger partial charge in [0.1, 0.15) is 10.6 Å². The Hall–Kier alpha value is -3.45. The van der Waals surface area contributed by atoms with Gasteiger partial charge in [0.05, 0.1) is 12.5 Å². The van der Waals surface area contributed by atoms with Crippen LogP contribution in [0, 0.1) is 0 Å². The number of aromatic amines is 1. The maximum atomic E-state index is 12.6. The first kappa shape index (κ1) is 17.9. The van der Waals surface area contributed by atoms with Gasteiger partial charge in [-0.25, -0.2) is 4.98 Å². The minimum atomic E-state index is -0.434. The van der Waals surface area contributed by atoms with E-state index in [1.54, 1.807) is 7.11 Å². The molecule has 1 amide bonds. The Morgan fingerprint density at radius 1 is 1.18 bits per heavy atom. The SMILES string of the molecule is COc1cccc(CNC(=O)c2nc3scc(-c4ccccc4)c3c(=O)[nH]2)c1. The number of hydrogen-bond acceptors (Lipinski definition) is 5. The number of carbonyl (C=O) groups is 1. The molecule has 2 heterocycles. The first-order valence-corrected chi connectivity index (χ1v) is 9.52. The molecule has 2 aromatic heterocycles. The third-order valence-corrected chi connectivity index (χ3v) is 5.20. The Kier molecular flexibility index (Phi) is 4.90. The molecule has 0 fully saturated rings. The monoisotopic (exact) mass is 391 g/mol. The summed E-state index contributed by atoms with van der Waals surface area (Å²) < 4.78 is 5.18. The smallest absolute Gasteiger partial charge is 0.287 e. The molecule has 0 atom stereocenters. The molecular formula is C21H17N3O3S. The Labute approximate surface area is 164 Å². The lowest BCUT2D eigenvalue weighted by atomic mass is 10.1. The summed E-state index contributed by atoms with van der Waals surface area (Å²) in [6.45, 7) is 0.303. The largest absolute Gasteiger partial charge is 0.497 e. The lowest BCUT2D eigenvalue weighted by Gasteiger charge is -2.07. The summed E-state index contributed by atoms with van der Waals surface area (Å²) in [5.41, 5.74) is 2.32. The van der Waals surface area contributed by atoms with Crippen molar-refractivity contribution in [2.24, 2.45) is 0 Å². The van der Waals surface area contributed by atoms with E-state index in [-0.39, 0.29) is 11.4 Å². The molecule has 2 aromatic carbocycles. The summed E-state index contributed by atoms with van der Waals surface area (Å²) in [6, 6.07) is 17.0. The molecule has 140 valence electrons. The van der Waals surface area contributed by atoms with Gasteiger partial charge in [0.15, 0.2) is 0 Å². The molecule has 0 unspecified atom stereocenters. The molecule has 0 saturated carbocycles. The van der Waals surface area contributed by atoms with E-state index in [0.717, 1.165) is 16.7 Å². The molecular weight excluding hydrogens is 374 g/mol. The van der Waals surface area contributed by atoms with Crippen molar-refractivity contribution in [3.8, 4) is 16.9 Å². The summed E-state index contributed by atoms with van der Waals surface area (Å²) in [5, 5.41) is 5.16. The number of benzene rings is 2. The first-order chi connectivity index (χ1) is 13.7. The van der Waals surface area contributed by atoms with Crippen LogP contribution >= 0.6 is 11.3 Å². The standard InChI is InChI=1S/C21H17N3O3S/c1-27-15-9-5-6-13(10-15)11-22-20(26)18-23-19(25)17-16(12-28-21(17)24-18)14-7-3-2-4-8-14/h2-10,12H,11H2,1H3,(H,22,26)(H,23,24,25). The van der Waals surface area contributed by atoms with Crippen LogP contribution in [-0.2, 0) is 6.54 Å². The summed E-state index contributed by atoms with van der Waals surface area (Å²) in [5.74, 6) is 0.282. The maximum absolute atomic E-state index is 12.6. The van der Waals surface area contributed by atoms with Gasteiger partial charge in [0.2, 0.25) is 5.82 Å². The predicted molar refractivity (Wildman–Crippen MR) is 110 cm³/mol. The zero-order chi connectivity index (χ0) is 19.5. The highest BCUT2D eigenvalue weighted by atomic mass is 32.1. The van der Waals surface area contributed by atoms with Crippen LogP contribution in [0.5, 0.6) is 5.75 Å². The van der Waals surface area contributed by atoms with E-state index in [1.807, 2.05) is 60.0 Å². The van der Waals surface area contributed by atoms with Gasteiger partial charge in [-0.2, -0.15) is 0 Å². The molecule has 0 bridgehead atoms. The molecule has 0 aliphatic heterocycles. The summed E-state index contributed by atoms with van der Waals surface area (Å²) in [4.78, 5) is 32.6. The second kappa shape index (κ2) is 7.66. The van der Waals surface area contributed by atoms with Crippen molar-refractivity contribution in [2.45, 2.75) is 6.54 Å². The molecule has 0 radical (unpaired) electrons. The van der Waals surface area contributed by atoms with Crippen molar-refractivity contribution in [2.75, 3.05) is 7.11 Å². The summed E-state index contributed by atoms with van der Waals surface area (Å²) in [7, 11) is 1.59. The fourth-order valence-corrected chi connectivity index (χ4v) is 3.88. The molecule has 28 heavy (non-hydrogen) atoms. The van der Waals surface area contributed by atoms with Crippen LogP contribution in [-0.4, -0.2) is 23.0 Å². The Morgan fingerprint density at radius 2 is 2.00 bits per heavy atom. The van der Waals surface area contributed by atoms with E-state index in [1.165, 1.54) is 11.3 Å². The van der Waals surface area contributed by atoms with E-state index >= 15 is 0 Å². The summed E-state index contributed by atoms with van der Waals surface area (Å²) >= 11 is 1.35. The van der Waals surface area contributed by atoms with Gasteiger partial charge in [0.25, 0.3) is 11.5 Å². The van der Waals surface area contributed by atoms with Gasteiger partial charge in [0, 0.05) is 17.5 Å². The number of fused-ring (bicyclic) bond motifs is 1. The van der Waals surface area contributed by atoms with Gasteiger partial charge in [-0.05, 0) is 23.3 Å². The van der Waals surface area contributed by atoms with Crippen molar-refractivity contribution in [3.05, 3.63) is 81.7 Å². The molecule has 7 heteroatoms. The van der Waals surface area contributed by atoms with Crippen molar-refractivity contribution < 1.29 is 9.53 Å². The molecule has 0 aliphatic carbocycles. The fraction of sp³-hybridized carbons (Fsp3) is 0.0952. The first-order valence-electron chi connectivity index (χ1n) is 8.64. The molecule has 4 rings (SSSR count). The fourth-order valence-electron chi connectivity index (χ4n) is 2.94. The number of rotatable bonds is 5. The second-order valence-corrected chi connectivity index (χ2v) is 7.00. The van der Waals surface area contributed by atoms with Crippen LogP contribution in [0.25, 0.3) is 21.3 Å². The quantitative estimate of drug-likeness (QED) is 0.545. The Bertz CT molecular complexity index is 1200. The zero-order valence-corrected chi connectivity index (χ0v) is 15.9. The highest BCUT2D eigenvalue weighted by molar-refractivity contribution is 7.17. The van der Waals surface area contributed by atoms with Crippen LogP contribution in [0.3, 0.4) is 0 Å². The third-order valence-electron chi connectivity index (χ3n) is 4.33. The van der Waals surface area contributed by atoms with Crippen molar-refractivity contribution >= 4 is 27.5 Å². The molecule has 2 N–H and O–H groups in total. The minimum absolute atomic E-state index is 0.00172. The highest BCUT2D eigenvalue weighted by Gasteiger charge is 2.16. The average molecular weight is 391 g/mol. The van der Waals surface area contributed by atoms with Crippen molar-refractivity contribution in [1.82, 2.24) is 15.3 Å². The number of nitrogens with zero attached hydrogens (tertiary/aromatic N) is 1. The molecule has 0 saturated heterocycles. The van der Waals surface area contributed by atoms with E-state index < -0.39 is 5.91 Å². The number of H-pyrrole nitrogens is 1. The predicted octanol–water partition coefficient (Wildman–Crippen LogP) is 3.59. The zero-order valence-electron chi connectivity index (χ0n) is 15.1. The lowest BCUT2D eigenvalue weighted by molar-refractivity contribution is 0.0940. The van der Waals surface area contributed by atoms with Gasteiger partial charge in [-0.1, -0.05) is 42.5 Å². The van der Waals surface area contributed by atoms with Crippen LogP contribution in [0.4, 0.5) is 0 Å². The maximum Gasteiger partial charge on any atom is 0.287 e. The van der Waals surface area contributed by atoms with Crippen molar-refractivity contribution in [3.63, 3.8) is 0 Å². The highest BCUT2D eigenvalue weighted by Crippen LogP contribution is 2.30. The van der Waals surface area contributed by atoms with E-state index in [4.69, 9.17) is 4.74 Å². The van der Waals surface area contributed by atoms with Crippen LogP contribution in [0.2, 0.25) is 0 Å². The number of hydrogen-bond donors (Lipinski definition) is 2. The van der Waals surface area contributed by atoms with E-state index in [9.17, 15) is 9.59 Å². The number of thiophene rings is 1. The van der Waals surface area contributed by atoms with Crippen LogP contribution in [0.15, 0.2) is 64.8 Å². The van der Waals surface area contributed by atoms with Gasteiger partial charge in [-0.3, -0.25) is 9.59 Å². The Balaban J connectivity index is 1.59. The number of carbonyl (C=O) groups excluding carboxylic acids is 1. The average Bonchev–Trinajstić information content (AvgIpc) is 3.17. The van der Waals surface area contributed by atoms with Gasteiger partial charge >= 0.3 is 0 Å². The molecule has 6 nitrogen and oxygen atoms in total. The van der Waals surface area contributed by atoms with Crippen LogP contribution < -0.4 is 15.6 Å². The van der Waals surface area contributed by atoms with E-state index in [2.05, 4.69) is 15.3 Å². The normalized spacial score (nSPS) is 10.8. The lowest BCUT2D eigenvalue weighted by Crippen LogP contribution is -2.27. The van der Waals surface area contributed by atoms with Gasteiger partial charge < -0.3 is 15.0 Å². The van der Waals surface area contributed by atoms with E-state index in [0.29, 0.717) is 22.5 Å². The topological polar surface area (TPSA) is 84.1 Å². The molecule has 4 aromatic rings. The third kappa shape index (κ3) is 3.52. The number of amides is 1. The minimum Gasteiger partial charge on any atom is -0.497 e.